The first-order chi connectivity index (χ1) is 9.56. The zero-order valence-corrected chi connectivity index (χ0v) is 12.1. The Morgan fingerprint density at radius 1 is 1.25 bits per heavy atom. The number of aryl methyl sites for hydroxylation is 1. The number of hydrogen-bond donors (Lipinski definition) is 2. The Morgan fingerprint density at radius 3 is 2.80 bits per heavy atom. The molecule has 3 rings (SSSR count). The second kappa shape index (κ2) is 4.86. The molecule has 0 saturated carbocycles. The van der Waals surface area contributed by atoms with Crippen LogP contribution < -0.4 is 5.32 Å². The summed E-state index contributed by atoms with van der Waals surface area (Å²) in [5.74, 6) is -0.688. The number of anilines is 2. The number of nitrogens with zero attached hydrogens (tertiary/aromatic N) is 1. The molecule has 102 valence electrons. The smallest absolute Gasteiger partial charge is 0.165 e. The lowest BCUT2D eigenvalue weighted by Gasteiger charge is -2.10. The monoisotopic (exact) mass is 337 g/mol. The highest BCUT2D eigenvalue weighted by Crippen LogP contribution is 2.33. The molecule has 0 saturated heterocycles. The van der Waals surface area contributed by atoms with Crippen LogP contribution in [0, 0.1) is 18.6 Å². The summed E-state index contributed by atoms with van der Waals surface area (Å²) in [6, 6.07) is 6.41. The van der Waals surface area contributed by atoms with Crippen LogP contribution in [0.15, 0.2) is 34.9 Å². The van der Waals surface area contributed by atoms with Crippen LogP contribution in [0.2, 0.25) is 0 Å². The summed E-state index contributed by atoms with van der Waals surface area (Å²) in [6.45, 7) is 1.68. The van der Waals surface area contributed by atoms with Crippen molar-refractivity contribution in [3.8, 4) is 0 Å². The van der Waals surface area contributed by atoms with Crippen LogP contribution in [-0.4, -0.2) is 10.2 Å². The van der Waals surface area contributed by atoms with Crippen LogP contribution in [-0.2, 0) is 0 Å². The van der Waals surface area contributed by atoms with E-state index in [4.69, 9.17) is 0 Å². The molecule has 0 aliphatic heterocycles. The minimum absolute atomic E-state index is 0.272. The van der Waals surface area contributed by atoms with Gasteiger partial charge in [0.15, 0.2) is 5.82 Å². The van der Waals surface area contributed by atoms with Gasteiger partial charge < -0.3 is 5.32 Å². The van der Waals surface area contributed by atoms with Gasteiger partial charge in [0, 0.05) is 11.1 Å². The molecule has 2 N–H and O–H groups in total. The van der Waals surface area contributed by atoms with Crippen LogP contribution in [0.3, 0.4) is 0 Å². The minimum Gasteiger partial charge on any atom is -0.354 e. The SMILES string of the molecule is Cc1cc(Nc2cc3cn[nH]c3c(F)c2Br)ccc1F. The summed E-state index contributed by atoms with van der Waals surface area (Å²) in [4.78, 5) is 0. The van der Waals surface area contributed by atoms with E-state index in [2.05, 4.69) is 31.4 Å². The number of hydrogen-bond acceptors (Lipinski definition) is 2. The summed E-state index contributed by atoms with van der Waals surface area (Å²) < 4.78 is 27.7. The summed E-state index contributed by atoms with van der Waals surface area (Å²) in [7, 11) is 0. The minimum atomic E-state index is -0.415. The summed E-state index contributed by atoms with van der Waals surface area (Å²) in [5, 5.41) is 10.1. The number of halogens is 3. The third-order valence-corrected chi connectivity index (χ3v) is 3.83. The largest absolute Gasteiger partial charge is 0.354 e. The molecule has 0 unspecified atom stereocenters. The lowest BCUT2D eigenvalue weighted by Crippen LogP contribution is -1.95. The van der Waals surface area contributed by atoms with Crippen LogP contribution in [0.4, 0.5) is 20.2 Å². The second-order valence-electron chi connectivity index (χ2n) is 4.48. The van der Waals surface area contributed by atoms with E-state index >= 15 is 0 Å². The third kappa shape index (κ3) is 2.16. The first kappa shape index (κ1) is 13.1. The molecule has 0 bridgehead atoms. The van der Waals surface area contributed by atoms with E-state index in [1.165, 1.54) is 6.07 Å². The highest BCUT2D eigenvalue weighted by Gasteiger charge is 2.13. The van der Waals surface area contributed by atoms with E-state index < -0.39 is 5.82 Å². The molecule has 1 aromatic heterocycles. The van der Waals surface area contributed by atoms with Crippen molar-refractivity contribution in [1.82, 2.24) is 10.2 Å². The number of rotatable bonds is 2. The number of aromatic amines is 1. The number of nitrogens with one attached hydrogen (secondary N) is 2. The number of H-pyrrole nitrogens is 1. The van der Waals surface area contributed by atoms with E-state index in [-0.39, 0.29) is 5.82 Å². The molecular weight excluding hydrogens is 328 g/mol. The number of aromatic nitrogens is 2. The van der Waals surface area contributed by atoms with E-state index in [0.717, 1.165) is 0 Å². The van der Waals surface area contributed by atoms with Gasteiger partial charge in [-0.05, 0) is 52.7 Å². The Hall–Kier alpha value is -1.95. The van der Waals surface area contributed by atoms with Crippen molar-refractivity contribution in [1.29, 1.82) is 0 Å². The Kier molecular flexibility index (Phi) is 3.17. The van der Waals surface area contributed by atoms with Gasteiger partial charge >= 0.3 is 0 Å². The molecule has 0 radical (unpaired) electrons. The van der Waals surface area contributed by atoms with Crippen molar-refractivity contribution in [2.75, 3.05) is 5.32 Å². The highest BCUT2D eigenvalue weighted by molar-refractivity contribution is 9.10. The van der Waals surface area contributed by atoms with Gasteiger partial charge in [0.2, 0.25) is 0 Å². The number of benzene rings is 2. The molecule has 0 aliphatic rings. The molecule has 3 nitrogen and oxygen atoms in total. The summed E-state index contributed by atoms with van der Waals surface area (Å²) in [6.07, 6.45) is 1.55. The van der Waals surface area contributed by atoms with Gasteiger partial charge in [-0.1, -0.05) is 0 Å². The van der Waals surface area contributed by atoms with Gasteiger partial charge in [0.1, 0.15) is 11.3 Å². The molecule has 3 aromatic rings. The molecule has 0 atom stereocenters. The fourth-order valence-electron chi connectivity index (χ4n) is 2.00. The zero-order valence-electron chi connectivity index (χ0n) is 10.5. The van der Waals surface area contributed by atoms with Crippen molar-refractivity contribution >= 4 is 38.2 Å². The molecule has 0 amide bonds. The van der Waals surface area contributed by atoms with Crippen LogP contribution >= 0.6 is 15.9 Å². The van der Waals surface area contributed by atoms with Gasteiger partial charge in [-0.2, -0.15) is 5.10 Å². The van der Waals surface area contributed by atoms with Gasteiger partial charge in [-0.3, -0.25) is 5.10 Å². The van der Waals surface area contributed by atoms with Crippen LogP contribution in [0.5, 0.6) is 0 Å². The summed E-state index contributed by atoms with van der Waals surface area (Å²) >= 11 is 3.22. The zero-order chi connectivity index (χ0) is 14.3. The van der Waals surface area contributed by atoms with Crippen molar-refractivity contribution in [2.24, 2.45) is 0 Å². The fourth-order valence-corrected chi connectivity index (χ4v) is 2.41. The average Bonchev–Trinajstić information content (AvgIpc) is 2.88. The van der Waals surface area contributed by atoms with Gasteiger partial charge in [0.05, 0.1) is 16.4 Å². The number of fused-ring (bicyclic) bond motifs is 1. The maximum atomic E-state index is 14.1. The first-order valence-electron chi connectivity index (χ1n) is 5.90. The molecule has 0 aliphatic carbocycles. The molecule has 20 heavy (non-hydrogen) atoms. The second-order valence-corrected chi connectivity index (χ2v) is 5.27. The van der Waals surface area contributed by atoms with Crippen molar-refractivity contribution < 1.29 is 8.78 Å². The topological polar surface area (TPSA) is 40.7 Å². The Morgan fingerprint density at radius 2 is 2.05 bits per heavy atom. The highest BCUT2D eigenvalue weighted by atomic mass is 79.9. The molecule has 0 spiro atoms. The standard InChI is InChI=1S/C14H10BrF2N3/c1-7-4-9(2-3-10(7)16)19-11-5-8-6-18-20-14(8)13(17)12(11)15/h2-6,19H,1H3,(H,18,20). The quantitative estimate of drug-likeness (QED) is 0.714. The maximum absolute atomic E-state index is 14.1. The fraction of sp³-hybridized carbons (Fsp3) is 0.0714. The average molecular weight is 338 g/mol. The van der Waals surface area contributed by atoms with Crippen molar-refractivity contribution in [3.05, 3.63) is 52.1 Å². The molecule has 1 heterocycles. The normalized spacial score (nSPS) is 11.0. The van der Waals surface area contributed by atoms with Crippen molar-refractivity contribution in [2.45, 2.75) is 6.92 Å². The van der Waals surface area contributed by atoms with Crippen LogP contribution in [0.1, 0.15) is 5.56 Å². The van der Waals surface area contributed by atoms with E-state index in [1.807, 2.05) is 0 Å². The van der Waals surface area contributed by atoms with Gasteiger partial charge in [0.25, 0.3) is 0 Å². The molecule has 2 aromatic carbocycles. The lowest BCUT2D eigenvalue weighted by atomic mass is 10.2. The van der Waals surface area contributed by atoms with Crippen molar-refractivity contribution in [3.63, 3.8) is 0 Å². The molecule has 6 heteroatoms. The maximum Gasteiger partial charge on any atom is 0.165 e. The predicted molar refractivity (Wildman–Crippen MR) is 78.2 cm³/mol. The van der Waals surface area contributed by atoms with Gasteiger partial charge in [-0.15, -0.1) is 0 Å². The van der Waals surface area contributed by atoms with E-state index in [0.29, 0.717) is 32.3 Å². The summed E-state index contributed by atoms with van der Waals surface area (Å²) in [5.41, 5.74) is 2.11. The van der Waals surface area contributed by atoms with E-state index in [9.17, 15) is 8.78 Å². The van der Waals surface area contributed by atoms with E-state index in [1.54, 1.807) is 31.3 Å². The Bertz CT molecular complexity index is 798. The Balaban J connectivity index is 2.05. The molecule has 0 fully saturated rings. The Labute approximate surface area is 122 Å². The lowest BCUT2D eigenvalue weighted by molar-refractivity contribution is 0.618. The first-order valence-corrected chi connectivity index (χ1v) is 6.70. The van der Waals surface area contributed by atoms with Crippen LogP contribution in [0.25, 0.3) is 10.9 Å². The molecular formula is C14H10BrF2N3. The predicted octanol–water partition coefficient (Wildman–Crippen LogP) is 4.66. The third-order valence-electron chi connectivity index (χ3n) is 3.05. The van der Waals surface area contributed by atoms with Gasteiger partial charge in [-0.25, -0.2) is 8.78 Å².